The van der Waals surface area contributed by atoms with Crippen LogP contribution >= 0.6 is 0 Å². The van der Waals surface area contributed by atoms with Crippen LogP contribution in [0.2, 0.25) is 0 Å². The van der Waals surface area contributed by atoms with Crippen molar-refractivity contribution < 1.29 is 5.11 Å². The van der Waals surface area contributed by atoms with Gasteiger partial charge in [0.1, 0.15) is 0 Å². The normalized spacial score (nSPS) is 20.3. The molecule has 15 heavy (non-hydrogen) atoms. The van der Waals surface area contributed by atoms with E-state index < -0.39 is 5.60 Å². The molecular formula is C11H17N3O. The predicted molar refractivity (Wildman–Crippen MR) is 57.1 cm³/mol. The monoisotopic (exact) mass is 207 g/mol. The minimum Gasteiger partial charge on any atom is -0.387 e. The number of aliphatic hydroxyl groups is 1. The Labute approximate surface area is 90.0 Å². The first kappa shape index (κ1) is 10.5. The average molecular weight is 207 g/mol. The Morgan fingerprint density at radius 3 is 2.73 bits per heavy atom. The molecule has 0 saturated carbocycles. The van der Waals surface area contributed by atoms with E-state index in [0.29, 0.717) is 5.92 Å². The zero-order valence-corrected chi connectivity index (χ0v) is 9.22. The van der Waals surface area contributed by atoms with Crippen LogP contribution in [0.3, 0.4) is 0 Å². The molecule has 1 aromatic heterocycles. The molecule has 1 aliphatic heterocycles. The van der Waals surface area contributed by atoms with Gasteiger partial charge in [-0.2, -0.15) is 0 Å². The summed E-state index contributed by atoms with van der Waals surface area (Å²) in [6.45, 7) is 6.37. The number of rotatable bonds is 3. The summed E-state index contributed by atoms with van der Waals surface area (Å²) in [7, 11) is 0. The highest BCUT2D eigenvalue weighted by atomic mass is 16.3. The Morgan fingerprint density at radius 1 is 1.47 bits per heavy atom. The minimum atomic E-state index is -0.498. The molecule has 4 nitrogen and oxygen atoms in total. The van der Waals surface area contributed by atoms with Crippen molar-refractivity contribution in [3.63, 3.8) is 0 Å². The highest BCUT2D eigenvalue weighted by Crippen LogP contribution is 2.29. The van der Waals surface area contributed by atoms with Gasteiger partial charge in [0.25, 0.3) is 0 Å². The van der Waals surface area contributed by atoms with E-state index in [2.05, 4.69) is 28.7 Å². The lowest BCUT2D eigenvalue weighted by molar-refractivity contribution is -0.131. The largest absolute Gasteiger partial charge is 0.387 e. The molecule has 4 heteroatoms. The molecule has 2 rings (SSSR count). The second-order valence-corrected chi connectivity index (χ2v) is 4.60. The number of nitrogens with zero attached hydrogens (tertiary/aromatic N) is 3. The molecule has 1 aliphatic rings. The lowest BCUT2D eigenvalue weighted by Crippen LogP contribution is -2.63. The zero-order chi connectivity index (χ0) is 10.9. The first-order chi connectivity index (χ1) is 7.10. The molecule has 1 aromatic rings. The van der Waals surface area contributed by atoms with Gasteiger partial charge >= 0.3 is 0 Å². The van der Waals surface area contributed by atoms with Crippen LogP contribution in [-0.4, -0.2) is 38.7 Å². The summed E-state index contributed by atoms with van der Waals surface area (Å²) in [5.74, 6) is 0.315. The van der Waals surface area contributed by atoms with Crippen molar-refractivity contribution in [2.24, 2.45) is 5.92 Å². The van der Waals surface area contributed by atoms with E-state index >= 15 is 0 Å². The molecular weight excluding hydrogens is 190 g/mol. The van der Waals surface area contributed by atoms with Gasteiger partial charge in [-0.05, 0) is 5.92 Å². The molecule has 0 aliphatic carbocycles. The van der Waals surface area contributed by atoms with Gasteiger partial charge < -0.3 is 5.11 Å². The standard InChI is InChI=1S/C11H17N3O/c1-9(2)11(15)7-14(8-11)6-10-5-12-3-4-13-10/h3-5,9,15H,6-8H2,1-2H3. The molecule has 1 fully saturated rings. The Balaban J connectivity index is 1.86. The summed E-state index contributed by atoms with van der Waals surface area (Å²) in [6.07, 6.45) is 5.14. The molecule has 0 spiro atoms. The molecule has 1 saturated heterocycles. The Hall–Kier alpha value is -1.00. The van der Waals surface area contributed by atoms with E-state index in [4.69, 9.17) is 0 Å². The highest BCUT2D eigenvalue weighted by Gasteiger charge is 2.43. The van der Waals surface area contributed by atoms with E-state index in [1.165, 1.54) is 0 Å². The first-order valence-electron chi connectivity index (χ1n) is 5.30. The molecule has 0 bridgehead atoms. The summed E-state index contributed by atoms with van der Waals surface area (Å²) >= 11 is 0. The quantitative estimate of drug-likeness (QED) is 0.792. The van der Waals surface area contributed by atoms with Gasteiger partial charge in [0.2, 0.25) is 0 Å². The van der Waals surface area contributed by atoms with Crippen LogP contribution in [0.5, 0.6) is 0 Å². The Morgan fingerprint density at radius 2 is 2.20 bits per heavy atom. The maximum Gasteiger partial charge on any atom is 0.0923 e. The van der Waals surface area contributed by atoms with Gasteiger partial charge in [0, 0.05) is 38.2 Å². The third-order valence-electron chi connectivity index (χ3n) is 3.07. The number of hydrogen-bond donors (Lipinski definition) is 1. The van der Waals surface area contributed by atoms with Crippen LogP contribution in [0.1, 0.15) is 19.5 Å². The molecule has 0 atom stereocenters. The van der Waals surface area contributed by atoms with Crippen LogP contribution in [-0.2, 0) is 6.54 Å². The van der Waals surface area contributed by atoms with Crippen LogP contribution in [0.15, 0.2) is 18.6 Å². The first-order valence-corrected chi connectivity index (χ1v) is 5.30. The third kappa shape index (κ3) is 2.16. The zero-order valence-electron chi connectivity index (χ0n) is 9.22. The molecule has 0 radical (unpaired) electrons. The Kier molecular flexibility index (Phi) is 2.71. The number of likely N-dealkylation sites (tertiary alicyclic amines) is 1. The van der Waals surface area contributed by atoms with Gasteiger partial charge in [-0.15, -0.1) is 0 Å². The van der Waals surface area contributed by atoms with Crippen molar-refractivity contribution in [3.8, 4) is 0 Å². The van der Waals surface area contributed by atoms with Crippen molar-refractivity contribution >= 4 is 0 Å². The smallest absolute Gasteiger partial charge is 0.0923 e. The molecule has 0 aromatic carbocycles. The fourth-order valence-corrected chi connectivity index (χ4v) is 1.85. The average Bonchev–Trinajstić information content (AvgIpc) is 2.16. The summed E-state index contributed by atoms with van der Waals surface area (Å²) < 4.78 is 0. The van der Waals surface area contributed by atoms with E-state index in [1.54, 1.807) is 18.6 Å². The van der Waals surface area contributed by atoms with Crippen LogP contribution in [0.4, 0.5) is 0 Å². The van der Waals surface area contributed by atoms with Crippen LogP contribution < -0.4 is 0 Å². The maximum absolute atomic E-state index is 10.1. The number of β-amino-alcohol motifs (C(OH)–C–C–N with tert-alkyl or cyclic N) is 1. The fourth-order valence-electron chi connectivity index (χ4n) is 1.85. The second-order valence-electron chi connectivity index (χ2n) is 4.60. The third-order valence-corrected chi connectivity index (χ3v) is 3.07. The lowest BCUT2D eigenvalue weighted by Gasteiger charge is -2.49. The van der Waals surface area contributed by atoms with Gasteiger partial charge in [-0.25, -0.2) is 0 Å². The summed E-state index contributed by atoms with van der Waals surface area (Å²) in [4.78, 5) is 10.4. The molecule has 1 N–H and O–H groups in total. The lowest BCUT2D eigenvalue weighted by atomic mass is 9.83. The highest BCUT2D eigenvalue weighted by molar-refractivity contribution is 5.02. The van der Waals surface area contributed by atoms with Crippen molar-refractivity contribution in [3.05, 3.63) is 24.3 Å². The maximum atomic E-state index is 10.1. The summed E-state index contributed by atoms with van der Waals surface area (Å²) in [5, 5.41) is 10.1. The second kappa shape index (κ2) is 3.87. The van der Waals surface area contributed by atoms with Crippen LogP contribution in [0.25, 0.3) is 0 Å². The minimum absolute atomic E-state index is 0.315. The van der Waals surface area contributed by atoms with E-state index in [1.807, 2.05) is 0 Å². The predicted octanol–water partition coefficient (Wildman–Crippen LogP) is 0.679. The van der Waals surface area contributed by atoms with E-state index in [-0.39, 0.29) is 0 Å². The SMILES string of the molecule is CC(C)C1(O)CN(Cc2cnccn2)C1. The number of hydrogen-bond acceptors (Lipinski definition) is 4. The van der Waals surface area contributed by atoms with Gasteiger partial charge in [0.05, 0.1) is 11.3 Å². The van der Waals surface area contributed by atoms with Crippen molar-refractivity contribution in [2.45, 2.75) is 26.0 Å². The summed E-state index contributed by atoms with van der Waals surface area (Å²) in [5.41, 5.74) is 0.464. The van der Waals surface area contributed by atoms with Gasteiger partial charge in [0.15, 0.2) is 0 Å². The van der Waals surface area contributed by atoms with E-state index in [0.717, 1.165) is 25.3 Å². The van der Waals surface area contributed by atoms with Crippen molar-refractivity contribution in [2.75, 3.05) is 13.1 Å². The van der Waals surface area contributed by atoms with Gasteiger partial charge in [-0.1, -0.05) is 13.8 Å². The molecule has 2 heterocycles. The van der Waals surface area contributed by atoms with Crippen molar-refractivity contribution in [1.29, 1.82) is 0 Å². The molecule has 0 amide bonds. The topological polar surface area (TPSA) is 49.2 Å². The van der Waals surface area contributed by atoms with E-state index in [9.17, 15) is 5.11 Å². The van der Waals surface area contributed by atoms with Gasteiger partial charge in [-0.3, -0.25) is 14.9 Å². The Bertz CT molecular complexity index is 320. The van der Waals surface area contributed by atoms with Crippen LogP contribution in [0, 0.1) is 5.92 Å². The van der Waals surface area contributed by atoms with Crippen molar-refractivity contribution in [1.82, 2.24) is 14.9 Å². The molecule has 0 unspecified atom stereocenters. The molecule has 82 valence electrons. The fraction of sp³-hybridized carbons (Fsp3) is 0.636. The summed E-state index contributed by atoms with van der Waals surface area (Å²) in [6, 6.07) is 0. The number of aromatic nitrogens is 2.